The van der Waals surface area contributed by atoms with E-state index >= 15 is 0 Å². The lowest BCUT2D eigenvalue weighted by atomic mass is 10.2. The highest BCUT2D eigenvalue weighted by molar-refractivity contribution is 7.17. The predicted octanol–water partition coefficient (Wildman–Crippen LogP) is 2.78. The van der Waals surface area contributed by atoms with Crippen LogP contribution >= 0.6 is 11.3 Å². The summed E-state index contributed by atoms with van der Waals surface area (Å²) in [6.07, 6.45) is -4.58. The Labute approximate surface area is 134 Å². The molecule has 0 aliphatic carbocycles. The molecule has 3 heterocycles. The molecular formula is C14H14F3N3O2S. The number of carbonyl (C=O) groups is 1. The summed E-state index contributed by atoms with van der Waals surface area (Å²) >= 11 is 1.12. The van der Waals surface area contributed by atoms with Gasteiger partial charge in [-0.05, 0) is 19.1 Å². The molecule has 0 spiro atoms. The molecule has 9 heteroatoms. The lowest BCUT2D eigenvalue weighted by molar-refractivity contribution is -0.156. The third-order valence-corrected chi connectivity index (χ3v) is 4.72. The Morgan fingerprint density at radius 2 is 2.04 bits per heavy atom. The molecule has 0 aromatic carbocycles. The average Bonchev–Trinajstić information content (AvgIpc) is 3.13. The largest absolute Gasteiger partial charge is 0.452 e. The predicted molar refractivity (Wildman–Crippen MR) is 78.3 cm³/mol. The van der Waals surface area contributed by atoms with Crippen molar-refractivity contribution in [3.05, 3.63) is 28.3 Å². The van der Waals surface area contributed by atoms with Gasteiger partial charge in [0.15, 0.2) is 0 Å². The SMILES string of the molecule is Cc1c(-c2ccc(C(=O)N3CCNCC3)s2)noc1C(F)(F)F. The van der Waals surface area contributed by atoms with E-state index in [4.69, 9.17) is 0 Å². The van der Waals surface area contributed by atoms with Crippen molar-refractivity contribution in [3.63, 3.8) is 0 Å². The number of piperazine rings is 1. The van der Waals surface area contributed by atoms with E-state index in [1.54, 1.807) is 17.0 Å². The number of hydrogen-bond donors (Lipinski definition) is 1. The standard InChI is InChI=1S/C14H14F3N3O2S/c1-8-11(19-22-12(8)14(15,16)17)9-2-3-10(23-9)13(21)20-6-4-18-5-7-20/h2-3,18H,4-7H2,1H3. The molecule has 0 saturated carbocycles. The van der Waals surface area contributed by atoms with Crippen molar-refractivity contribution in [1.82, 2.24) is 15.4 Å². The molecule has 1 aliphatic heterocycles. The smallest absolute Gasteiger partial charge is 0.351 e. The molecule has 1 N–H and O–H groups in total. The first-order chi connectivity index (χ1) is 10.9. The normalized spacial score (nSPS) is 15.9. The number of thiophene rings is 1. The second-order valence-corrected chi connectivity index (χ2v) is 6.27. The number of aromatic nitrogens is 1. The van der Waals surface area contributed by atoms with Crippen molar-refractivity contribution in [2.75, 3.05) is 26.2 Å². The summed E-state index contributed by atoms with van der Waals surface area (Å²) in [4.78, 5) is 15.1. The van der Waals surface area contributed by atoms with Crippen molar-refractivity contribution in [3.8, 4) is 10.6 Å². The minimum absolute atomic E-state index is 0.0690. The van der Waals surface area contributed by atoms with Crippen LogP contribution in [0.15, 0.2) is 16.7 Å². The molecule has 1 saturated heterocycles. The molecule has 3 rings (SSSR count). The van der Waals surface area contributed by atoms with Crippen LogP contribution in [0.4, 0.5) is 13.2 Å². The van der Waals surface area contributed by atoms with Gasteiger partial charge in [0, 0.05) is 31.7 Å². The van der Waals surface area contributed by atoms with E-state index in [1.807, 2.05) is 0 Å². The zero-order valence-electron chi connectivity index (χ0n) is 12.2. The van der Waals surface area contributed by atoms with Crippen LogP contribution < -0.4 is 5.32 Å². The van der Waals surface area contributed by atoms with Crippen molar-refractivity contribution in [1.29, 1.82) is 0 Å². The van der Waals surface area contributed by atoms with Gasteiger partial charge in [0.05, 0.1) is 9.75 Å². The highest BCUT2D eigenvalue weighted by Gasteiger charge is 2.39. The van der Waals surface area contributed by atoms with Crippen molar-refractivity contribution < 1.29 is 22.5 Å². The van der Waals surface area contributed by atoms with Crippen LogP contribution in [0.25, 0.3) is 10.6 Å². The van der Waals surface area contributed by atoms with Crippen molar-refractivity contribution >= 4 is 17.2 Å². The Bertz CT molecular complexity index is 717. The Morgan fingerprint density at radius 1 is 1.35 bits per heavy atom. The lowest BCUT2D eigenvalue weighted by Crippen LogP contribution is -2.46. The Hall–Kier alpha value is -1.87. The van der Waals surface area contributed by atoms with Crippen molar-refractivity contribution in [2.45, 2.75) is 13.1 Å². The molecule has 0 unspecified atom stereocenters. The zero-order chi connectivity index (χ0) is 16.6. The van der Waals surface area contributed by atoms with Crippen LogP contribution in [0.2, 0.25) is 0 Å². The van der Waals surface area contributed by atoms with Gasteiger partial charge >= 0.3 is 6.18 Å². The zero-order valence-corrected chi connectivity index (χ0v) is 13.1. The molecule has 2 aromatic heterocycles. The summed E-state index contributed by atoms with van der Waals surface area (Å²) in [5.74, 6) is -1.21. The maximum atomic E-state index is 12.8. The molecule has 1 aliphatic rings. The number of nitrogens with zero attached hydrogens (tertiary/aromatic N) is 2. The summed E-state index contributed by atoms with van der Waals surface area (Å²) in [6.45, 7) is 4.02. The van der Waals surface area contributed by atoms with Crippen LogP contribution in [0, 0.1) is 6.92 Å². The Balaban J connectivity index is 1.85. The molecule has 5 nitrogen and oxygen atoms in total. The summed E-state index contributed by atoms with van der Waals surface area (Å²) in [6, 6.07) is 3.22. The molecule has 0 atom stereocenters. The van der Waals surface area contributed by atoms with E-state index in [1.165, 1.54) is 6.92 Å². The molecule has 1 fully saturated rings. The second kappa shape index (κ2) is 5.97. The number of carbonyl (C=O) groups excluding carboxylic acids is 1. The summed E-state index contributed by atoms with van der Waals surface area (Å²) in [7, 11) is 0. The molecule has 2 aromatic rings. The first-order valence-corrected chi connectivity index (χ1v) is 7.83. The Morgan fingerprint density at radius 3 is 2.65 bits per heavy atom. The van der Waals surface area contributed by atoms with Crippen LogP contribution in [0.5, 0.6) is 0 Å². The van der Waals surface area contributed by atoms with Gasteiger partial charge in [-0.2, -0.15) is 13.2 Å². The van der Waals surface area contributed by atoms with Gasteiger partial charge in [0.2, 0.25) is 5.76 Å². The minimum atomic E-state index is -4.58. The van der Waals surface area contributed by atoms with Gasteiger partial charge in [-0.25, -0.2) is 0 Å². The number of alkyl halides is 3. The lowest BCUT2D eigenvalue weighted by Gasteiger charge is -2.26. The van der Waals surface area contributed by atoms with E-state index in [9.17, 15) is 18.0 Å². The fourth-order valence-corrected chi connectivity index (χ4v) is 3.45. The average molecular weight is 345 g/mol. The molecular weight excluding hydrogens is 331 g/mol. The van der Waals surface area contributed by atoms with Gasteiger partial charge < -0.3 is 14.7 Å². The maximum Gasteiger partial charge on any atom is 0.452 e. The molecule has 0 radical (unpaired) electrons. The molecule has 0 bridgehead atoms. The van der Waals surface area contributed by atoms with E-state index in [-0.39, 0.29) is 17.2 Å². The monoisotopic (exact) mass is 345 g/mol. The number of amides is 1. The minimum Gasteiger partial charge on any atom is -0.351 e. The molecule has 1 amide bonds. The van der Waals surface area contributed by atoms with E-state index < -0.39 is 11.9 Å². The summed E-state index contributed by atoms with van der Waals surface area (Å²) in [5.41, 5.74) is 0.0576. The third-order valence-electron chi connectivity index (χ3n) is 3.64. The topological polar surface area (TPSA) is 58.4 Å². The van der Waals surface area contributed by atoms with Gasteiger partial charge in [0.1, 0.15) is 5.69 Å². The quantitative estimate of drug-likeness (QED) is 0.909. The number of rotatable bonds is 2. The van der Waals surface area contributed by atoms with Crippen LogP contribution in [0.3, 0.4) is 0 Å². The molecule has 23 heavy (non-hydrogen) atoms. The molecule has 124 valence electrons. The number of hydrogen-bond acceptors (Lipinski definition) is 5. The number of nitrogens with one attached hydrogen (secondary N) is 1. The first-order valence-electron chi connectivity index (χ1n) is 7.01. The second-order valence-electron chi connectivity index (χ2n) is 5.19. The fourth-order valence-electron chi connectivity index (χ4n) is 2.43. The third kappa shape index (κ3) is 3.11. The highest BCUT2D eigenvalue weighted by Crippen LogP contribution is 2.38. The van der Waals surface area contributed by atoms with E-state index in [0.29, 0.717) is 22.8 Å². The van der Waals surface area contributed by atoms with Gasteiger partial charge in [-0.3, -0.25) is 4.79 Å². The van der Waals surface area contributed by atoms with Crippen LogP contribution in [-0.4, -0.2) is 42.1 Å². The van der Waals surface area contributed by atoms with E-state index in [2.05, 4.69) is 15.0 Å². The Kier molecular flexibility index (Phi) is 4.15. The first kappa shape index (κ1) is 16.0. The van der Waals surface area contributed by atoms with Gasteiger partial charge in [-0.15, -0.1) is 11.3 Å². The number of halogens is 3. The van der Waals surface area contributed by atoms with Crippen LogP contribution in [-0.2, 0) is 6.18 Å². The van der Waals surface area contributed by atoms with Gasteiger partial charge in [0.25, 0.3) is 5.91 Å². The van der Waals surface area contributed by atoms with Gasteiger partial charge in [-0.1, -0.05) is 5.16 Å². The van der Waals surface area contributed by atoms with Crippen LogP contribution in [0.1, 0.15) is 21.0 Å². The van der Waals surface area contributed by atoms with Crippen molar-refractivity contribution in [2.24, 2.45) is 0 Å². The fraction of sp³-hybridized carbons (Fsp3) is 0.429. The summed E-state index contributed by atoms with van der Waals surface area (Å²) in [5, 5.41) is 6.68. The van der Waals surface area contributed by atoms with E-state index in [0.717, 1.165) is 24.4 Å². The maximum absolute atomic E-state index is 12.8. The highest BCUT2D eigenvalue weighted by atomic mass is 32.1. The summed E-state index contributed by atoms with van der Waals surface area (Å²) < 4.78 is 42.7.